The molecule has 10 nitrogen and oxygen atoms in total. The lowest BCUT2D eigenvalue weighted by molar-refractivity contribution is -0.156. The van der Waals surface area contributed by atoms with Gasteiger partial charge in [-0.1, -0.05) is 0 Å². The Balaban J connectivity index is 1.58. The molecule has 1 N–H and O–H groups in total. The largest absolute Gasteiger partial charge is 0.459 e. The maximum atomic E-state index is 15.4. The molecule has 2 fully saturated rings. The summed E-state index contributed by atoms with van der Waals surface area (Å²) in [6.07, 6.45) is 0.300. The number of anilines is 1. The van der Waals surface area contributed by atoms with Gasteiger partial charge in [0.25, 0.3) is 0 Å². The van der Waals surface area contributed by atoms with Crippen molar-refractivity contribution in [3.63, 3.8) is 0 Å². The molecule has 2 aliphatic rings. The highest BCUT2D eigenvalue weighted by Gasteiger charge is 2.33. The highest BCUT2D eigenvalue weighted by Crippen LogP contribution is 2.31. The number of imidazole rings is 1. The first-order chi connectivity index (χ1) is 16.4. The summed E-state index contributed by atoms with van der Waals surface area (Å²) in [5.41, 5.74) is 0.173. The van der Waals surface area contributed by atoms with Gasteiger partial charge in [-0.05, 0) is 40.2 Å². The molecule has 1 aromatic carbocycles. The molecule has 0 radical (unpaired) electrons. The Hall–Kier alpha value is -3.21. The summed E-state index contributed by atoms with van der Waals surface area (Å²) in [7, 11) is 1.58. The number of benzene rings is 1. The number of nitrogens with zero attached hydrogens (tertiary/aromatic N) is 4. The smallest absolute Gasteiger partial charge is 0.329 e. The van der Waals surface area contributed by atoms with Crippen molar-refractivity contribution in [1.29, 1.82) is 0 Å². The molecule has 3 heterocycles. The van der Waals surface area contributed by atoms with E-state index in [9.17, 15) is 19.2 Å². The number of rotatable bonds is 4. The number of fused-ring (bicyclic) bond motifs is 1. The third-order valence-electron chi connectivity index (χ3n) is 6.47. The standard InChI is InChI=1S/C24H32FN5O5/c1-14-12-28(13-21(32)35-24(2,3)4)8-9-29(14)17-11-18-19(10-15(17)25)30(23(34)27(18)5)16-6-7-20(31)26-22(16)33/h10-11,14,16H,6-9,12-13H2,1-5H3,(H,26,31,33)/t14-,16?/m0/s1. The quantitative estimate of drug-likeness (QED) is 0.510. The molecule has 2 aliphatic heterocycles. The average molecular weight is 490 g/mol. The van der Waals surface area contributed by atoms with Gasteiger partial charge in [-0.2, -0.15) is 0 Å². The number of ether oxygens (including phenoxy) is 1. The summed E-state index contributed by atoms with van der Waals surface area (Å²) >= 11 is 0. The van der Waals surface area contributed by atoms with Crippen molar-refractivity contribution in [1.82, 2.24) is 19.4 Å². The van der Waals surface area contributed by atoms with Crippen molar-refractivity contribution in [2.24, 2.45) is 7.05 Å². The lowest BCUT2D eigenvalue weighted by Gasteiger charge is -2.41. The Labute approximate surface area is 202 Å². The normalized spacial score (nSPS) is 21.9. The van der Waals surface area contributed by atoms with Crippen molar-refractivity contribution < 1.29 is 23.5 Å². The Bertz CT molecular complexity index is 1240. The summed E-state index contributed by atoms with van der Waals surface area (Å²) in [4.78, 5) is 53.0. The van der Waals surface area contributed by atoms with Crippen LogP contribution in [0.25, 0.3) is 11.0 Å². The first-order valence-corrected chi connectivity index (χ1v) is 11.8. The number of halogens is 1. The zero-order valence-corrected chi connectivity index (χ0v) is 20.8. The maximum Gasteiger partial charge on any atom is 0.329 e. The van der Waals surface area contributed by atoms with E-state index >= 15 is 4.39 Å². The van der Waals surface area contributed by atoms with E-state index in [0.717, 1.165) is 0 Å². The molecule has 2 atom stereocenters. The molecule has 0 bridgehead atoms. The molecule has 0 spiro atoms. The third-order valence-corrected chi connectivity index (χ3v) is 6.47. The fourth-order valence-corrected chi connectivity index (χ4v) is 4.91. The number of piperazine rings is 1. The van der Waals surface area contributed by atoms with E-state index in [0.29, 0.717) is 36.4 Å². The Kier molecular flexibility index (Phi) is 6.48. The predicted molar refractivity (Wildman–Crippen MR) is 128 cm³/mol. The molecule has 1 unspecified atom stereocenters. The number of aromatic nitrogens is 2. The van der Waals surface area contributed by atoms with Crippen LogP contribution in [0.15, 0.2) is 16.9 Å². The van der Waals surface area contributed by atoms with E-state index in [1.807, 2.05) is 37.5 Å². The Morgan fingerprint density at radius 3 is 2.51 bits per heavy atom. The van der Waals surface area contributed by atoms with Crippen LogP contribution in [0.2, 0.25) is 0 Å². The fourth-order valence-electron chi connectivity index (χ4n) is 4.91. The van der Waals surface area contributed by atoms with Crippen molar-refractivity contribution >= 4 is 34.5 Å². The molecular weight excluding hydrogens is 457 g/mol. The van der Waals surface area contributed by atoms with Crippen LogP contribution in [0.1, 0.15) is 46.6 Å². The summed E-state index contributed by atoms with van der Waals surface area (Å²) in [5.74, 6) is -1.74. The minimum absolute atomic E-state index is 0.0904. The first-order valence-electron chi connectivity index (χ1n) is 11.8. The zero-order valence-electron chi connectivity index (χ0n) is 20.8. The number of imide groups is 1. The number of amides is 2. The van der Waals surface area contributed by atoms with Gasteiger partial charge in [0.05, 0.1) is 23.3 Å². The zero-order chi connectivity index (χ0) is 25.7. The third kappa shape index (κ3) is 4.95. The number of carbonyl (C=O) groups excluding carboxylic acids is 3. The van der Waals surface area contributed by atoms with Crippen LogP contribution in [0, 0.1) is 5.82 Å². The number of esters is 1. The van der Waals surface area contributed by atoms with Crippen molar-refractivity contribution in [3.05, 3.63) is 28.4 Å². The lowest BCUT2D eigenvalue weighted by atomic mass is 10.1. The van der Waals surface area contributed by atoms with Gasteiger partial charge in [0.1, 0.15) is 17.5 Å². The van der Waals surface area contributed by atoms with Crippen LogP contribution in [0.4, 0.5) is 10.1 Å². The van der Waals surface area contributed by atoms with E-state index in [1.165, 1.54) is 15.2 Å². The fraction of sp³-hybridized carbons (Fsp3) is 0.583. The molecule has 0 saturated carbocycles. The number of aryl methyl sites for hydroxylation is 1. The second kappa shape index (κ2) is 9.10. The molecule has 1 aromatic heterocycles. The van der Waals surface area contributed by atoms with Gasteiger partial charge in [0.15, 0.2) is 0 Å². The van der Waals surface area contributed by atoms with E-state index in [2.05, 4.69) is 5.32 Å². The summed E-state index contributed by atoms with van der Waals surface area (Å²) < 4.78 is 23.5. The molecule has 11 heteroatoms. The number of nitrogens with one attached hydrogen (secondary N) is 1. The van der Waals surface area contributed by atoms with Crippen LogP contribution in [-0.4, -0.2) is 69.6 Å². The van der Waals surface area contributed by atoms with Crippen LogP contribution >= 0.6 is 0 Å². The lowest BCUT2D eigenvalue weighted by Crippen LogP contribution is -2.53. The van der Waals surface area contributed by atoms with Gasteiger partial charge in [0, 0.05) is 45.2 Å². The highest BCUT2D eigenvalue weighted by atomic mass is 19.1. The molecule has 2 aromatic rings. The molecule has 35 heavy (non-hydrogen) atoms. The molecule has 2 amide bonds. The molecule has 0 aliphatic carbocycles. The van der Waals surface area contributed by atoms with E-state index < -0.39 is 29.1 Å². The predicted octanol–water partition coefficient (Wildman–Crippen LogP) is 1.31. The van der Waals surface area contributed by atoms with E-state index in [1.54, 1.807) is 13.1 Å². The maximum absolute atomic E-state index is 15.4. The Morgan fingerprint density at radius 1 is 1.17 bits per heavy atom. The van der Waals surface area contributed by atoms with Crippen molar-refractivity contribution in [3.8, 4) is 0 Å². The number of carbonyl (C=O) groups is 3. The second-order valence-electron chi connectivity index (χ2n) is 10.3. The van der Waals surface area contributed by atoms with Gasteiger partial charge in [0.2, 0.25) is 11.8 Å². The van der Waals surface area contributed by atoms with Crippen LogP contribution in [0.3, 0.4) is 0 Å². The molecular formula is C24H32FN5O5. The average Bonchev–Trinajstić information content (AvgIpc) is 2.96. The SMILES string of the molecule is C[C@H]1CN(CC(=O)OC(C)(C)C)CCN1c1cc2c(cc1F)n(C1CCC(=O)NC1=O)c(=O)n2C. The Morgan fingerprint density at radius 2 is 1.89 bits per heavy atom. The van der Waals surface area contributed by atoms with Gasteiger partial charge in [-0.3, -0.25) is 33.7 Å². The highest BCUT2D eigenvalue weighted by molar-refractivity contribution is 6.00. The monoisotopic (exact) mass is 489 g/mol. The number of piperidine rings is 1. The summed E-state index contributed by atoms with van der Waals surface area (Å²) in [5, 5.41) is 2.26. The second-order valence-corrected chi connectivity index (χ2v) is 10.3. The van der Waals surface area contributed by atoms with Crippen LogP contribution < -0.4 is 15.9 Å². The van der Waals surface area contributed by atoms with Gasteiger partial charge in [-0.15, -0.1) is 0 Å². The number of hydrogen-bond acceptors (Lipinski definition) is 7. The van der Waals surface area contributed by atoms with Crippen LogP contribution in [-0.2, 0) is 26.2 Å². The summed E-state index contributed by atoms with van der Waals surface area (Å²) in [6.45, 7) is 9.19. The van der Waals surface area contributed by atoms with Gasteiger partial charge >= 0.3 is 11.7 Å². The van der Waals surface area contributed by atoms with Crippen LogP contribution in [0.5, 0.6) is 0 Å². The first kappa shape index (κ1) is 24.9. The van der Waals surface area contributed by atoms with Gasteiger partial charge in [-0.25, -0.2) is 9.18 Å². The minimum atomic E-state index is -0.871. The summed E-state index contributed by atoms with van der Waals surface area (Å²) in [6, 6.07) is 1.96. The number of hydrogen-bond donors (Lipinski definition) is 1. The molecule has 4 rings (SSSR count). The van der Waals surface area contributed by atoms with Crippen molar-refractivity contribution in [2.75, 3.05) is 31.1 Å². The topological polar surface area (TPSA) is 106 Å². The molecule has 2 saturated heterocycles. The van der Waals surface area contributed by atoms with Crippen molar-refractivity contribution in [2.45, 2.75) is 58.2 Å². The van der Waals surface area contributed by atoms with Gasteiger partial charge < -0.3 is 9.64 Å². The van der Waals surface area contributed by atoms with E-state index in [-0.39, 0.29) is 37.3 Å². The molecule has 190 valence electrons. The van der Waals surface area contributed by atoms with E-state index in [4.69, 9.17) is 4.74 Å². The minimum Gasteiger partial charge on any atom is -0.459 e.